The van der Waals surface area contributed by atoms with Gasteiger partial charge in [0, 0.05) is 30.1 Å². The van der Waals surface area contributed by atoms with Crippen molar-refractivity contribution in [1.82, 2.24) is 4.98 Å². The topological polar surface area (TPSA) is 38.9 Å². The van der Waals surface area contributed by atoms with E-state index in [4.69, 9.17) is 5.73 Å². The van der Waals surface area contributed by atoms with Crippen LogP contribution in [0, 0.1) is 5.82 Å². The first-order valence-electron chi connectivity index (χ1n) is 4.65. The number of rotatable bonds is 3. The highest BCUT2D eigenvalue weighted by atomic mass is 32.1. The van der Waals surface area contributed by atoms with E-state index in [0.29, 0.717) is 12.0 Å². The largest absolute Gasteiger partial charge is 0.326 e. The second kappa shape index (κ2) is 4.51. The van der Waals surface area contributed by atoms with Crippen LogP contribution in [0.3, 0.4) is 0 Å². The molecule has 4 heteroatoms. The Balaban J connectivity index is 2.20. The van der Waals surface area contributed by atoms with Crippen molar-refractivity contribution in [3.63, 3.8) is 0 Å². The van der Waals surface area contributed by atoms with E-state index in [-0.39, 0.29) is 12.4 Å². The summed E-state index contributed by atoms with van der Waals surface area (Å²) in [5, 5.41) is 2.91. The van der Waals surface area contributed by atoms with Gasteiger partial charge in [0.15, 0.2) is 0 Å². The van der Waals surface area contributed by atoms with E-state index in [1.807, 2.05) is 11.4 Å². The van der Waals surface area contributed by atoms with Crippen molar-refractivity contribution < 1.29 is 4.39 Å². The maximum atomic E-state index is 13.4. The van der Waals surface area contributed by atoms with Crippen molar-refractivity contribution in [2.75, 3.05) is 0 Å². The monoisotopic (exact) mass is 222 g/mol. The summed E-state index contributed by atoms with van der Waals surface area (Å²) in [5.41, 5.74) is 6.87. The Bertz CT molecular complexity index is 440. The van der Waals surface area contributed by atoms with E-state index in [1.54, 1.807) is 23.6 Å². The fourth-order valence-corrected chi connectivity index (χ4v) is 2.03. The van der Waals surface area contributed by atoms with Crippen LogP contribution in [0.5, 0.6) is 0 Å². The van der Waals surface area contributed by atoms with Gasteiger partial charge < -0.3 is 5.73 Å². The van der Waals surface area contributed by atoms with Gasteiger partial charge in [-0.15, -0.1) is 11.3 Å². The molecular weight excluding hydrogens is 211 g/mol. The van der Waals surface area contributed by atoms with E-state index >= 15 is 0 Å². The highest BCUT2D eigenvalue weighted by molar-refractivity contribution is 7.09. The molecule has 0 saturated heterocycles. The van der Waals surface area contributed by atoms with Crippen molar-refractivity contribution in [2.45, 2.75) is 13.0 Å². The van der Waals surface area contributed by atoms with E-state index in [1.165, 1.54) is 6.07 Å². The number of nitrogens with two attached hydrogens (primary N) is 1. The summed E-state index contributed by atoms with van der Waals surface area (Å²) >= 11 is 1.58. The summed E-state index contributed by atoms with van der Waals surface area (Å²) in [6.45, 7) is 0.239. The molecule has 0 aliphatic carbocycles. The smallest absolute Gasteiger partial charge is 0.127 e. The maximum absolute atomic E-state index is 13.4. The summed E-state index contributed by atoms with van der Waals surface area (Å²) in [5.74, 6) is -0.230. The molecule has 1 aromatic carbocycles. The second-order valence-corrected chi connectivity index (χ2v) is 4.21. The summed E-state index contributed by atoms with van der Waals surface area (Å²) < 4.78 is 13.4. The minimum Gasteiger partial charge on any atom is -0.326 e. The maximum Gasteiger partial charge on any atom is 0.127 e. The molecule has 0 unspecified atom stereocenters. The minimum atomic E-state index is -0.230. The average molecular weight is 222 g/mol. The third kappa shape index (κ3) is 2.40. The standard InChI is InChI=1S/C11H11FN2S/c12-10-5-8(1-2-9(10)7-13)6-11-14-3-4-15-11/h1-5H,6-7,13H2. The molecule has 2 nitrogen and oxygen atoms in total. The molecule has 1 heterocycles. The first-order chi connectivity index (χ1) is 7.29. The Hall–Kier alpha value is -1.26. The molecule has 0 spiro atoms. The molecule has 0 aliphatic heterocycles. The molecule has 0 fully saturated rings. The molecule has 1 aromatic heterocycles. The van der Waals surface area contributed by atoms with Gasteiger partial charge in [-0.1, -0.05) is 12.1 Å². The molecule has 78 valence electrons. The number of halogens is 1. The fourth-order valence-electron chi connectivity index (χ4n) is 1.38. The number of hydrogen-bond donors (Lipinski definition) is 1. The van der Waals surface area contributed by atoms with Crippen molar-refractivity contribution >= 4 is 11.3 Å². The SMILES string of the molecule is NCc1ccc(Cc2nccs2)cc1F. The van der Waals surface area contributed by atoms with Crippen LogP contribution >= 0.6 is 11.3 Å². The van der Waals surface area contributed by atoms with Crippen molar-refractivity contribution in [3.8, 4) is 0 Å². The van der Waals surface area contributed by atoms with Gasteiger partial charge in [-0.05, 0) is 11.6 Å². The van der Waals surface area contributed by atoms with Crippen LogP contribution in [0.15, 0.2) is 29.8 Å². The van der Waals surface area contributed by atoms with E-state index < -0.39 is 0 Å². The molecule has 0 amide bonds. The predicted molar refractivity (Wildman–Crippen MR) is 59.2 cm³/mol. The van der Waals surface area contributed by atoms with Crippen LogP contribution in [0.2, 0.25) is 0 Å². The summed E-state index contributed by atoms with van der Waals surface area (Å²) in [4.78, 5) is 4.16. The number of hydrogen-bond acceptors (Lipinski definition) is 3. The van der Waals surface area contributed by atoms with Crippen LogP contribution < -0.4 is 5.73 Å². The molecule has 2 rings (SSSR count). The molecule has 2 aromatic rings. The molecule has 2 N–H and O–H groups in total. The van der Waals surface area contributed by atoms with Gasteiger partial charge in [0.1, 0.15) is 5.82 Å². The first kappa shape index (κ1) is 10.3. The molecule has 0 saturated carbocycles. The van der Waals surface area contributed by atoms with Crippen molar-refractivity contribution in [3.05, 3.63) is 51.7 Å². The normalized spacial score (nSPS) is 10.5. The molecule has 0 aliphatic rings. The van der Waals surface area contributed by atoms with Crippen LogP contribution in [-0.4, -0.2) is 4.98 Å². The lowest BCUT2D eigenvalue weighted by Crippen LogP contribution is -2.00. The Labute approximate surface area is 91.6 Å². The molecule has 0 atom stereocenters. The van der Waals surface area contributed by atoms with Gasteiger partial charge in [-0.3, -0.25) is 0 Å². The van der Waals surface area contributed by atoms with E-state index in [2.05, 4.69) is 4.98 Å². The molecule has 15 heavy (non-hydrogen) atoms. The zero-order valence-corrected chi connectivity index (χ0v) is 8.93. The number of nitrogens with zero attached hydrogens (tertiary/aromatic N) is 1. The Morgan fingerprint density at radius 1 is 1.40 bits per heavy atom. The van der Waals surface area contributed by atoms with E-state index in [9.17, 15) is 4.39 Å². The second-order valence-electron chi connectivity index (χ2n) is 3.23. The van der Waals surface area contributed by atoms with Crippen molar-refractivity contribution in [1.29, 1.82) is 0 Å². The highest BCUT2D eigenvalue weighted by Crippen LogP contribution is 2.15. The van der Waals surface area contributed by atoms with Gasteiger partial charge in [-0.2, -0.15) is 0 Å². The predicted octanol–water partition coefficient (Wildman–Crippen LogP) is 2.33. The lowest BCUT2D eigenvalue weighted by atomic mass is 10.1. The third-order valence-corrected chi connectivity index (χ3v) is 2.96. The van der Waals surface area contributed by atoms with Crippen LogP contribution in [-0.2, 0) is 13.0 Å². The Morgan fingerprint density at radius 3 is 2.87 bits per heavy atom. The Kier molecular flexibility index (Phi) is 3.08. The third-order valence-electron chi connectivity index (χ3n) is 2.18. The quantitative estimate of drug-likeness (QED) is 0.865. The highest BCUT2D eigenvalue weighted by Gasteiger charge is 2.03. The lowest BCUT2D eigenvalue weighted by Gasteiger charge is -2.02. The Morgan fingerprint density at radius 2 is 2.27 bits per heavy atom. The number of benzene rings is 1. The van der Waals surface area contributed by atoms with Crippen molar-refractivity contribution in [2.24, 2.45) is 5.73 Å². The summed E-state index contributed by atoms with van der Waals surface area (Å²) in [6, 6.07) is 5.16. The van der Waals surface area contributed by atoms with Crippen LogP contribution in [0.4, 0.5) is 4.39 Å². The van der Waals surface area contributed by atoms with Gasteiger partial charge >= 0.3 is 0 Å². The molecule has 0 bridgehead atoms. The summed E-state index contributed by atoms with van der Waals surface area (Å²) in [7, 11) is 0. The zero-order chi connectivity index (χ0) is 10.7. The van der Waals surface area contributed by atoms with Gasteiger partial charge in [0.05, 0.1) is 5.01 Å². The molecule has 0 radical (unpaired) electrons. The van der Waals surface area contributed by atoms with Crippen LogP contribution in [0.25, 0.3) is 0 Å². The van der Waals surface area contributed by atoms with Crippen LogP contribution in [0.1, 0.15) is 16.1 Å². The number of aromatic nitrogens is 1. The van der Waals surface area contributed by atoms with Gasteiger partial charge in [0.25, 0.3) is 0 Å². The minimum absolute atomic E-state index is 0.230. The average Bonchev–Trinajstić information content (AvgIpc) is 2.71. The molecular formula is C11H11FN2S. The van der Waals surface area contributed by atoms with Gasteiger partial charge in [0.2, 0.25) is 0 Å². The number of thiazole rings is 1. The lowest BCUT2D eigenvalue weighted by molar-refractivity contribution is 0.609. The summed E-state index contributed by atoms with van der Waals surface area (Å²) in [6.07, 6.45) is 2.43. The van der Waals surface area contributed by atoms with Gasteiger partial charge in [-0.25, -0.2) is 9.37 Å². The zero-order valence-electron chi connectivity index (χ0n) is 8.11. The first-order valence-corrected chi connectivity index (χ1v) is 5.53. The van der Waals surface area contributed by atoms with E-state index in [0.717, 1.165) is 10.6 Å². The fraction of sp³-hybridized carbons (Fsp3) is 0.182.